The number of hydrogen-bond acceptors (Lipinski definition) is 3. The largest absolute Gasteiger partial charge is 0.493 e. The third-order valence-corrected chi connectivity index (χ3v) is 2.62. The fraction of sp³-hybridized carbons (Fsp3) is 0.500. The first-order chi connectivity index (χ1) is 8.54. The van der Waals surface area contributed by atoms with E-state index in [4.69, 9.17) is 10.5 Å². The standard InChI is InChI=1S/C14H22N2O2/c1-4-16-14(17)7-8-18-13-9-10(2)5-6-12(13)11(3)15/h5-6,9,11H,4,7-8,15H2,1-3H3,(H,16,17)/t11-/m1/s1. The molecule has 0 heterocycles. The highest BCUT2D eigenvalue weighted by Crippen LogP contribution is 2.25. The fourth-order valence-electron chi connectivity index (χ4n) is 1.68. The van der Waals surface area contributed by atoms with Gasteiger partial charge in [0.05, 0.1) is 13.0 Å². The molecule has 1 amide bonds. The molecule has 4 nitrogen and oxygen atoms in total. The van der Waals surface area contributed by atoms with E-state index in [9.17, 15) is 4.79 Å². The highest BCUT2D eigenvalue weighted by Gasteiger charge is 2.09. The first-order valence-electron chi connectivity index (χ1n) is 6.30. The van der Waals surface area contributed by atoms with Crippen LogP contribution in [0.4, 0.5) is 0 Å². The van der Waals surface area contributed by atoms with Crippen molar-refractivity contribution in [2.75, 3.05) is 13.2 Å². The average molecular weight is 250 g/mol. The van der Waals surface area contributed by atoms with E-state index in [1.807, 2.05) is 39.0 Å². The maximum Gasteiger partial charge on any atom is 0.223 e. The zero-order chi connectivity index (χ0) is 13.5. The van der Waals surface area contributed by atoms with Crippen LogP contribution < -0.4 is 15.8 Å². The van der Waals surface area contributed by atoms with Crippen LogP contribution in [0.5, 0.6) is 5.75 Å². The number of nitrogens with two attached hydrogens (primary N) is 1. The highest BCUT2D eigenvalue weighted by atomic mass is 16.5. The lowest BCUT2D eigenvalue weighted by Gasteiger charge is -2.14. The van der Waals surface area contributed by atoms with Gasteiger partial charge in [-0.05, 0) is 32.4 Å². The molecule has 0 aliphatic carbocycles. The van der Waals surface area contributed by atoms with Crippen molar-refractivity contribution in [1.82, 2.24) is 5.32 Å². The molecule has 0 aromatic heterocycles. The maximum atomic E-state index is 11.3. The van der Waals surface area contributed by atoms with Crippen LogP contribution in [0.2, 0.25) is 0 Å². The molecule has 1 atom stereocenters. The molecule has 100 valence electrons. The fourth-order valence-corrected chi connectivity index (χ4v) is 1.68. The van der Waals surface area contributed by atoms with Crippen LogP contribution >= 0.6 is 0 Å². The molecule has 1 aromatic carbocycles. The van der Waals surface area contributed by atoms with Crippen LogP contribution in [0, 0.1) is 6.92 Å². The number of nitrogens with one attached hydrogen (secondary N) is 1. The minimum atomic E-state index is -0.0786. The molecular formula is C14H22N2O2. The molecule has 0 bridgehead atoms. The van der Waals surface area contributed by atoms with Crippen molar-refractivity contribution >= 4 is 5.91 Å². The molecule has 0 fully saturated rings. The summed E-state index contributed by atoms with van der Waals surface area (Å²) < 4.78 is 5.66. The second-order valence-corrected chi connectivity index (χ2v) is 4.38. The van der Waals surface area contributed by atoms with Crippen LogP contribution in [0.25, 0.3) is 0 Å². The van der Waals surface area contributed by atoms with E-state index < -0.39 is 0 Å². The van der Waals surface area contributed by atoms with Gasteiger partial charge in [-0.3, -0.25) is 4.79 Å². The summed E-state index contributed by atoms with van der Waals surface area (Å²) in [6, 6.07) is 5.86. The third-order valence-electron chi connectivity index (χ3n) is 2.62. The van der Waals surface area contributed by atoms with Crippen LogP contribution in [-0.2, 0) is 4.79 Å². The lowest BCUT2D eigenvalue weighted by Crippen LogP contribution is -2.24. The van der Waals surface area contributed by atoms with Crippen LogP contribution in [-0.4, -0.2) is 19.1 Å². The van der Waals surface area contributed by atoms with Crippen LogP contribution in [0.1, 0.15) is 37.4 Å². The smallest absolute Gasteiger partial charge is 0.223 e. The van der Waals surface area contributed by atoms with Crippen LogP contribution in [0.15, 0.2) is 18.2 Å². The molecule has 0 saturated carbocycles. The lowest BCUT2D eigenvalue weighted by atomic mass is 10.1. The zero-order valence-corrected chi connectivity index (χ0v) is 11.3. The Morgan fingerprint density at radius 3 is 2.83 bits per heavy atom. The lowest BCUT2D eigenvalue weighted by molar-refractivity contribution is -0.121. The summed E-state index contributed by atoms with van der Waals surface area (Å²) in [7, 11) is 0. The van der Waals surface area contributed by atoms with Crippen molar-refractivity contribution in [3.05, 3.63) is 29.3 Å². The monoisotopic (exact) mass is 250 g/mol. The van der Waals surface area contributed by atoms with Gasteiger partial charge in [-0.25, -0.2) is 0 Å². The van der Waals surface area contributed by atoms with Crippen molar-refractivity contribution in [3.63, 3.8) is 0 Å². The predicted octanol–water partition coefficient (Wildman–Crippen LogP) is 1.92. The summed E-state index contributed by atoms with van der Waals surface area (Å²) in [6.07, 6.45) is 0.361. The molecule has 0 aliphatic rings. The number of benzene rings is 1. The first kappa shape index (κ1) is 14.5. The van der Waals surface area contributed by atoms with E-state index in [0.29, 0.717) is 19.6 Å². The molecule has 1 aromatic rings. The van der Waals surface area contributed by atoms with E-state index in [0.717, 1.165) is 16.9 Å². The Bertz CT molecular complexity index is 403. The van der Waals surface area contributed by atoms with Crippen molar-refractivity contribution in [2.24, 2.45) is 5.73 Å². The first-order valence-corrected chi connectivity index (χ1v) is 6.30. The van der Waals surface area contributed by atoms with Gasteiger partial charge in [0.2, 0.25) is 5.91 Å². The minimum Gasteiger partial charge on any atom is -0.493 e. The zero-order valence-electron chi connectivity index (χ0n) is 11.3. The number of aryl methyl sites for hydroxylation is 1. The number of carbonyl (C=O) groups excluding carboxylic acids is 1. The molecule has 0 unspecified atom stereocenters. The van der Waals surface area contributed by atoms with Crippen molar-refractivity contribution in [3.8, 4) is 5.75 Å². The number of rotatable bonds is 6. The van der Waals surface area contributed by atoms with Crippen molar-refractivity contribution in [2.45, 2.75) is 33.2 Å². The van der Waals surface area contributed by atoms with Gasteiger partial charge in [-0.15, -0.1) is 0 Å². The minimum absolute atomic E-state index is 0.00694. The highest BCUT2D eigenvalue weighted by molar-refractivity contribution is 5.75. The van der Waals surface area contributed by atoms with Gasteiger partial charge in [0.15, 0.2) is 0 Å². The molecule has 0 radical (unpaired) electrons. The summed E-state index contributed by atoms with van der Waals surface area (Å²) >= 11 is 0. The molecular weight excluding hydrogens is 228 g/mol. The van der Waals surface area contributed by atoms with Gasteiger partial charge >= 0.3 is 0 Å². The Morgan fingerprint density at radius 1 is 1.50 bits per heavy atom. The van der Waals surface area contributed by atoms with Crippen molar-refractivity contribution < 1.29 is 9.53 Å². The average Bonchev–Trinajstić information content (AvgIpc) is 2.29. The molecule has 3 N–H and O–H groups in total. The Balaban J connectivity index is 2.60. The molecule has 0 spiro atoms. The van der Waals surface area contributed by atoms with E-state index in [1.165, 1.54) is 0 Å². The van der Waals surface area contributed by atoms with Gasteiger partial charge in [0.1, 0.15) is 5.75 Å². The summed E-state index contributed by atoms with van der Waals surface area (Å²) in [6.45, 7) is 6.83. The van der Waals surface area contributed by atoms with Gasteiger partial charge in [-0.1, -0.05) is 12.1 Å². The Labute approximate surface area is 109 Å². The van der Waals surface area contributed by atoms with E-state index in [1.54, 1.807) is 0 Å². The number of amides is 1. The van der Waals surface area contributed by atoms with Gasteiger partial charge in [0, 0.05) is 18.2 Å². The summed E-state index contributed by atoms with van der Waals surface area (Å²) in [5, 5.41) is 2.74. The Morgan fingerprint density at radius 2 is 2.22 bits per heavy atom. The summed E-state index contributed by atoms with van der Waals surface area (Å²) in [5.74, 6) is 0.779. The number of hydrogen-bond donors (Lipinski definition) is 2. The SMILES string of the molecule is CCNC(=O)CCOc1cc(C)ccc1[C@@H](C)N. The second-order valence-electron chi connectivity index (χ2n) is 4.38. The molecule has 0 saturated heterocycles. The van der Waals surface area contributed by atoms with Crippen molar-refractivity contribution in [1.29, 1.82) is 0 Å². The number of carbonyl (C=O) groups is 1. The maximum absolute atomic E-state index is 11.3. The van der Waals surface area contributed by atoms with E-state index >= 15 is 0 Å². The quantitative estimate of drug-likeness (QED) is 0.810. The molecule has 4 heteroatoms. The Hall–Kier alpha value is -1.55. The molecule has 0 aliphatic heterocycles. The summed E-state index contributed by atoms with van der Waals surface area (Å²) in [5.41, 5.74) is 7.97. The normalized spacial score (nSPS) is 12.0. The predicted molar refractivity (Wildman–Crippen MR) is 72.6 cm³/mol. The Kier molecular flexibility index (Phi) is 5.65. The molecule has 1 rings (SSSR count). The van der Waals surface area contributed by atoms with Gasteiger partial charge in [0.25, 0.3) is 0 Å². The third kappa shape index (κ3) is 4.37. The summed E-state index contributed by atoms with van der Waals surface area (Å²) in [4.78, 5) is 11.3. The van der Waals surface area contributed by atoms with Gasteiger partial charge in [-0.2, -0.15) is 0 Å². The topological polar surface area (TPSA) is 64.3 Å². The second kappa shape index (κ2) is 7.01. The van der Waals surface area contributed by atoms with E-state index in [2.05, 4.69) is 5.32 Å². The molecule has 18 heavy (non-hydrogen) atoms. The van der Waals surface area contributed by atoms with Gasteiger partial charge < -0.3 is 15.8 Å². The van der Waals surface area contributed by atoms with E-state index in [-0.39, 0.29) is 11.9 Å². The number of ether oxygens (including phenoxy) is 1. The van der Waals surface area contributed by atoms with Crippen LogP contribution in [0.3, 0.4) is 0 Å².